The Labute approximate surface area is 213 Å². The minimum atomic E-state index is 0.447. The van der Waals surface area contributed by atoms with Gasteiger partial charge in [0, 0.05) is 16.1 Å². The summed E-state index contributed by atoms with van der Waals surface area (Å²) < 4.78 is 6.03. The number of rotatable bonds is 8. The Bertz CT molecular complexity index is 1360. The maximum Gasteiger partial charge on any atom is 0.204 e. The summed E-state index contributed by atoms with van der Waals surface area (Å²) in [5, 5.41) is 5.89. The van der Waals surface area contributed by atoms with Crippen molar-refractivity contribution < 1.29 is 4.74 Å². The first kappa shape index (κ1) is 22.8. The molecule has 1 heterocycles. The summed E-state index contributed by atoms with van der Waals surface area (Å²) in [6.07, 6.45) is 1.75. The average molecular weight is 496 g/mol. The Morgan fingerprint density at radius 1 is 0.800 bits per heavy atom. The van der Waals surface area contributed by atoms with Crippen LogP contribution < -0.4 is 10.2 Å². The Morgan fingerprint density at radius 2 is 1.46 bits per heavy atom. The third kappa shape index (κ3) is 5.77. The van der Waals surface area contributed by atoms with Gasteiger partial charge in [0.25, 0.3) is 0 Å². The van der Waals surface area contributed by atoms with E-state index in [9.17, 15) is 0 Å². The first-order valence-electron chi connectivity index (χ1n) is 11.1. The quantitative estimate of drug-likeness (QED) is 0.174. The minimum Gasteiger partial charge on any atom is -0.488 e. The van der Waals surface area contributed by atoms with E-state index in [1.807, 2.05) is 84.9 Å². The molecule has 0 aliphatic heterocycles. The Hall–Kier alpha value is -3.93. The normalized spacial score (nSPS) is 11.0. The van der Waals surface area contributed by atoms with E-state index in [0.717, 1.165) is 43.7 Å². The molecule has 6 heteroatoms. The second-order valence-corrected chi connectivity index (χ2v) is 9.19. The van der Waals surface area contributed by atoms with Crippen LogP contribution in [0.25, 0.3) is 21.7 Å². The maximum absolute atomic E-state index is 6.03. The Kier molecular flexibility index (Phi) is 7.18. The third-order valence-electron chi connectivity index (χ3n) is 5.30. The van der Waals surface area contributed by atoms with Crippen molar-refractivity contribution in [1.29, 1.82) is 0 Å². The molecule has 5 rings (SSSR count). The van der Waals surface area contributed by atoms with Crippen LogP contribution in [0.1, 0.15) is 11.1 Å². The van der Waals surface area contributed by atoms with Crippen LogP contribution in [0.2, 0.25) is 5.02 Å². The lowest BCUT2D eigenvalue weighted by molar-refractivity contribution is 0.306. The molecule has 4 aromatic carbocycles. The van der Waals surface area contributed by atoms with Gasteiger partial charge in [-0.3, -0.25) is 5.43 Å². The Morgan fingerprint density at radius 3 is 2.20 bits per heavy atom. The van der Waals surface area contributed by atoms with Crippen LogP contribution in [-0.2, 0) is 6.61 Å². The largest absolute Gasteiger partial charge is 0.488 e. The molecule has 0 unspecified atom stereocenters. The highest BCUT2D eigenvalue weighted by Crippen LogP contribution is 2.38. The molecule has 0 fully saturated rings. The highest BCUT2D eigenvalue weighted by Gasteiger charge is 2.14. The van der Waals surface area contributed by atoms with Crippen LogP contribution in [0.4, 0.5) is 5.13 Å². The van der Waals surface area contributed by atoms with Crippen molar-refractivity contribution in [2.24, 2.45) is 5.10 Å². The van der Waals surface area contributed by atoms with Crippen molar-refractivity contribution >= 4 is 34.3 Å². The zero-order chi connectivity index (χ0) is 23.9. The van der Waals surface area contributed by atoms with Gasteiger partial charge in [-0.1, -0.05) is 108 Å². The number of thiazole rings is 1. The van der Waals surface area contributed by atoms with Gasteiger partial charge < -0.3 is 4.74 Å². The van der Waals surface area contributed by atoms with Gasteiger partial charge in [0.05, 0.1) is 16.8 Å². The molecule has 0 radical (unpaired) electrons. The summed E-state index contributed by atoms with van der Waals surface area (Å²) >= 11 is 7.55. The van der Waals surface area contributed by atoms with E-state index in [0.29, 0.717) is 11.6 Å². The lowest BCUT2D eigenvalue weighted by atomic mass is 10.1. The van der Waals surface area contributed by atoms with Gasteiger partial charge in [-0.2, -0.15) is 5.10 Å². The number of halogens is 1. The number of aromatic nitrogens is 1. The molecule has 0 saturated carbocycles. The van der Waals surface area contributed by atoms with E-state index in [2.05, 4.69) is 34.8 Å². The molecule has 0 amide bonds. The van der Waals surface area contributed by atoms with Crippen LogP contribution in [0.15, 0.2) is 114 Å². The fourth-order valence-electron chi connectivity index (χ4n) is 3.56. The fraction of sp³-hybridized carbons (Fsp3) is 0.0345. The molecule has 1 N–H and O–H groups in total. The van der Waals surface area contributed by atoms with Gasteiger partial charge in [0.15, 0.2) is 0 Å². The second kappa shape index (κ2) is 11.0. The molecular weight excluding hydrogens is 474 g/mol. The van der Waals surface area contributed by atoms with Crippen molar-refractivity contribution in [2.75, 3.05) is 5.43 Å². The number of para-hydroxylation sites is 1. The number of hydrogen-bond acceptors (Lipinski definition) is 5. The molecule has 0 atom stereocenters. The summed E-state index contributed by atoms with van der Waals surface area (Å²) in [6.45, 7) is 0.447. The molecular formula is C29H22ClN3OS. The van der Waals surface area contributed by atoms with Crippen molar-refractivity contribution in [3.05, 3.63) is 125 Å². The molecule has 0 aliphatic carbocycles. The number of hydrazone groups is 1. The SMILES string of the molecule is Clc1ccc(COc2ccccc2/C=N\Nc2nc(-c3ccccc3)c(-c3ccccc3)s2)cc1. The number of hydrogen-bond donors (Lipinski definition) is 1. The molecule has 35 heavy (non-hydrogen) atoms. The fourth-order valence-corrected chi connectivity index (χ4v) is 4.63. The summed E-state index contributed by atoms with van der Waals surface area (Å²) in [7, 11) is 0. The van der Waals surface area contributed by atoms with Crippen molar-refractivity contribution in [3.8, 4) is 27.4 Å². The molecule has 0 bridgehead atoms. The first-order chi connectivity index (χ1) is 17.3. The molecule has 4 nitrogen and oxygen atoms in total. The lowest BCUT2D eigenvalue weighted by Crippen LogP contribution is -1.99. The van der Waals surface area contributed by atoms with Crippen molar-refractivity contribution in [3.63, 3.8) is 0 Å². The smallest absolute Gasteiger partial charge is 0.204 e. The highest BCUT2D eigenvalue weighted by molar-refractivity contribution is 7.19. The van der Waals surface area contributed by atoms with Gasteiger partial charge in [-0.05, 0) is 35.4 Å². The number of nitrogens with one attached hydrogen (secondary N) is 1. The van der Waals surface area contributed by atoms with E-state index in [4.69, 9.17) is 21.3 Å². The minimum absolute atomic E-state index is 0.447. The van der Waals surface area contributed by atoms with Crippen LogP contribution in [0.3, 0.4) is 0 Å². The standard InChI is InChI=1S/C29H22ClN3OS/c30-25-17-15-21(16-18-25)20-34-26-14-8-7-13-24(26)19-31-33-29-32-27(22-9-3-1-4-10-22)28(35-29)23-11-5-2-6-12-23/h1-19H,20H2,(H,32,33)/b31-19-. The third-order valence-corrected chi connectivity index (χ3v) is 6.56. The lowest BCUT2D eigenvalue weighted by Gasteiger charge is -2.09. The van der Waals surface area contributed by atoms with Crippen LogP contribution in [0, 0.1) is 0 Å². The van der Waals surface area contributed by atoms with Crippen LogP contribution in [0.5, 0.6) is 5.75 Å². The van der Waals surface area contributed by atoms with Gasteiger partial charge in [0.2, 0.25) is 5.13 Å². The number of benzene rings is 4. The molecule has 0 spiro atoms. The maximum atomic E-state index is 6.03. The molecule has 172 valence electrons. The van der Waals surface area contributed by atoms with Crippen LogP contribution >= 0.6 is 22.9 Å². The summed E-state index contributed by atoms with van der Waals surface area (Å²) in [6, 6.07) is 35.9. The zero-order valence-electron chi connectivity index (χ0n) is 18.8. The zero-order valence-corrected chi connectivity index (χ0v) is 20.3. The number of nitrogens with zero attached hydrogens (tertiary/aromatic N) is 2. The monoisotopic (exact) mass is 495 g/mol. The summed E-state index contributed by atoms with van der Waals surface area (Å²) in [4.78, 5) is 5.94. The van der Waals surface area contributed by atoms with E-state index < -0.39 is 0 Å². The number of ether oxygens (including phenoxy) is 1. The van der Waals surface area contributed by atoms with Crippen LogP contribution in [-0.4, -0.2) is 11.2 Å². The second-order valence-electron chi connectivity index (χ2n) is 7.75. The van der Waals surface area contributed by atoms with Crippen molar-refractivity contribution in [1.82, 2.24) is 4.98 Å². The summed E-state index contributed by atoms with van der Waals surface area (Å²) in [5.41, 5.74) is 8.16. The van der Waals surface area contributed by atoms with Crippen molar-refractivity contribution in [2.45, 2.75) is 6.61 Å². The first-order valence-corrected chi connectivity index (χ1v) is 12.3. The highest BCUT2D eigenvalue weighted by atomic mass is 35.5. The van der Waals surface area contributed by atoms with E-state index in [1.165, 1.54) is 0 Å². The predicted octanol–water partition coefficient (Wildman–Crippen LogP) is 8.16. The summed E-state index contributed by atoms with van der Waals surface area (Å²) in [5.74, 6) is 0.752. The van der Waals surface area contributed by atoms with Gasteiger partial charge in [-0.25, -0.2) is 4.98 Å². The topological polar surface area (TPSA) is 46.5 Å². The van der Waals surface area contributed by atoms with Gasteiger partial charge in [-0.15, -0.1) is 0 Å². The van der Waals surface area contributed by atoms with E-state index >= 15 is 0 Å². The average Bonchev–Trinajstić information content (AvgIpc) is 3.34. The molecule has 0 aliphatic rings. The van der Waals surface area contributed by atoms with E-state index in [-0.39, 0.29) is 0 Å². The number of anilines is 1. The molecule has 5 aromatic rings. The van der Waals surface area contributed by atoms with Gasteiger partial charge in [0.1, 0.15) is 12.4 Å². The van der Waals surface area contributed by atoms with Gasteiger partial charge >= 0.3 is 0 Å². The predicted molar refractivity (Wildman–Crippen MR) is 146 cm³/mol. The molecule has 0 saturated heterocycles. The Balaban J connectivity index is 1.34. The van der Waals surface area contributed by atoms with E-state index in [1.54, 1.807) is 17.6 Å². The molecule has 1 aromatic heterocycles.